The molecule has 0 saturated carbocycles. The first-order valence-electron chi connectivity index (χ1n) is 8.62. The van der Waals surface area contributed by atoms with E-state index in [1.807, 2.05) is 23.6 Å². The van der Waals surface area contributed by atoms with Gasteiger partial charge in [0.25, 0.3) is 0 Å². The molecule has 0 aliphatic rings. The number of rotatable bonds is 5. The van der Waals surface area contributed by atoms with E-state index in [1.165, 1.54) is 0 Å². The van der Waals surface area contributed by atoms with E-state index < -0.39 is 0 Å². The van der Waals surface area contributed by atoms with Crippen molar-refractivity contribution in [3.8, 4) is 17.1 Å². The number of hydrogen-bond donors (Lipinski definition) is 2. The molecule has 0 aliphatic carbocycles. The van der Waals surface area contributed by atoms with Crippen molar-refractivity contribution < 1.29 is 4.74 Å². The molecular formula is C19H18ClN7O. The van der Waals surface area contributed by atoms with Crippen LogP contribution in [0.3, 0.4) is 0 Å². The number of anilines is 2. The molecule has 4 aromatic heterocycles. The molecule has 9 heteroatoms. The first-order valence-corrected chi connectivity index (χ1v) is 8.99. The summed E-state index contributed by atoms with van der Waals surface area (Å²) in [6.45, 7) is 2.86. The highest BCUT2D eigenvalue weighted by atomic mass is 35.5. The highest BCUT2D eigenvalue weighted by Crippen LogP contribution is 2.24. The molecule has 0 aliphatic heterocycles. The maximum atomic E-state index is 6.08. The van der Waals surface area contributed by atoms with E-state index in [4.69, 9.17) is 32.8 Å². The second-order valence-corrected chi connectivity index (χ2v) is 6.60. The van der Waals surface area contributed by atoms with Gasteiger partial charge >= 0.3 is 0 Å². The van der Waals surface area contributed by atoms with Crippen LogP contribution in [0.4, 0.5) is 11.6 Å². The average Bonchev–Trinajstić information content (AvgIpc) is 2.97. The van der Waals surface area contributed by atoms with Crippen molar-refractivity contribution in [3.63, 3.8) is 0 Å². The fourth-order valence-electron chi connectivity index (χ4n) is 2.98. The van der Waals surface area contributed by atoms with E-state index in [0.29, 0.717) is 35.7 Å². The van der Waals surface area contributed by atoms with Crippen LogP contribution in [0, 0.1) is 6.92 Å². The molecule has 4 aromatic rings. The molecule has 0 unspecified atom stereocenters. The first-order chi connectivity index (χ1) is 13.5. The third kappa shape index (κ3) is 3.54. The summed E-state index contributed by atoms with van der Waals surface area (Å²) in [5, 5.41) is 0.475. The lowest BCUT2D eigenvalue weighted by Gasteiger charge is -2.10. The van der Waals surface area contributed by atoms with E-state index in [0.717, 1.165) is 28.2 Å². The Kier molecular flexibility index (Phi) is 4.70. The molecule has 28 heavy (non-hydrogen) atoms. The summed E-state index contributed by atoms with van der Waals surface area (Å²) in [5.41, 5.74) is 14.7. The molecular weight excluding hydrogens is 378 g/mol. The maximum Gasteiger partial charge on any atom is 0.232 e. The molecule has 0 radical (unpaired) electrons. The van der Waals surface area contributed by atoms with E-state index in [2.05, 4.69) is 15.0 Å². The molecule has 142 valence electrons. The quantitative estimate of drug-likeness (QED) is 0.533. The number of imidazole rings is 1. The van der Waals surface area contributed by atoms with Crippen molar-refractivity contribution in [2.45, 2.75) is 13.5 Å². The average molecular weight is 396 g/mol. The maximum absolute atomic E-state index is 6.08. The number of halogens is 1. The van der Waals surface area contributed by atoms with Crippen LogP contribution in [0.5, 0.6) is 5.88 Å². The third-order valence-electron chi connectivity index (χ3n) is 4.22. The van der Waals surface area contributed by atoms with Crippen LogP contribution < -0.4 is 16.2 Å². The Labute approximate surface area is 166 Å². The van der Waals surface area contributed by atoms with Crippen LogP contribution in [0.15, 0.2) is 42.6 Å². The zero-order valence-corrected chi connectivity index (χ0v) is 15.9. The largest absolute Gasteiger partial charge is 0.475 e. The van der Waals surface area contributed by atoms with E-state index >= 15 is 0 Å². The molecule has 0 amide bonds. The summed E-state index contributed by atoms with van der Waals surface area (Å²) in [5.74, 6) is 1.94. The smallest absolute Gasteiger partial charge is 0.232 e. The lowest BCUT2D eigenvalue weighted by atomic mass is 10.1. The number of ether oxygens (including phenoxy) is 1. The van der Waals surface area contributed by atoms with Gasteiger partial charge < -0.3 is 20.8 Å². The topological polar surface area (TPSA) is 118 Å². The summed E-state index contributed by atoms with van der Waals surface area (Å²) in [7, 11) is 0. The Balaban J connectivity index is 1.63. The molecule has 0 aromatic carbocycles. The van der Waals surface area contributed by atoms with Gasteiger partial charge in [0, 0.05) is 11.8 Å². The van der Waals surface area contributed by atoms with Gasteiger partial charge in [-0.2, -0.15) is 0 Å². The van der Waals surface area contributed by atoms with Gasteiger partial charge in [0.2, 0.25) is 5.88 Å². The number of nitrogens with zero attached hydrogens (tertiary/aromatic N) is 5. The summed E-state index contributed by atoms with van der Waals surface area (Å²) in [6, 6.07) is 10.8. The number of nitrogens with two attached hydrogens (primary N) is 2. The molecule has 0 bridgehead atoms. The summed E-state index contributed by atoms with van der Waals surface area (Å²) in [4.78, 5) is 17.4. The Hall–Kier alpha value is -3.39. The van der Waals surface area contributed by atoms with Gasteiger partial charge in [-0.05, 0) is 43.3 Å². The monoisotopic (exact) mass is 395 g/mol. The summed E-state index contributed by atoms with van der Waals surface area (Å²) >= 11 is 6.08. The van der Waals surface area contributed by atoms with Gasteiger partial charge in [-0.1, -0.05) is 11.6 Å². The van der Waals surface area contributed by atoms with Crippen LogP contribution in [0.2, 0.25) is 5.02 Å². The molecule has 4 heterocycles. The molecule has 0 fully saturated rings. The van der Waals surface area contributed by atoms with Gasteiger partial charge in [-0.25, -0.2) is 19.9 Å². The van der Waals surface area contributed by atoms with Crippen molar-refractivity contribution >= 4 is 34.4 Å². The molecule has 0 saturated heterocycles. The normalized spacial score (nSPS) is 11.1. The third-order valence-corrected chi connectivity index (χ3v) is 4.51. The second-order valence-electron chi connectivity index (χ2n) is 6.19. The van der Waals surface area contributed by atoms with E-state index in [1.54, 1.807) is 30.5 Å². The standard InChI is InChI=1S/C19H18ClN7O/c1-11-24-15-5-4-14(12-9-16(21)26-17(22)10-12)25-18(15)27(11)7-8-28-19-13(20)3-2-6-23-19/h2-6,9-10H,7-8H2,1H3,(H4,21,22,26). The molecule has 8 nitrogen and oxygen atoms in total. The predicted octanol–water partition coefficient (Wildman–Crippen LogP) is 3.09. The van der Waals surface area contributed by atoms with Crippen molar-refractivity contribution in [3.05, 3.63) is 53.4 Å². The van der Waals surface area contributed by atoms with Gasteiger partial charge in [0.05, 0.1) is 12.2 Å². The highest BCUT2D eigenvalue weighted by Gasteiger charge is 2.12. The van der Waals surface area contributed by atoms with Crippen LogP contribution in [0.1, 0.15) is 5.82 Å². The van der Waals surface area contributed by atoms with Crippen LogP contribution in [0.25, 0.3) is 22.4 Å². The van der Waals surface area contributed by atoms with E-state index in [-0.39, 0.29) is 0 Å². The SMILES string of the molecule is Cc1nc2ccc(-c3cc(N)nc(N)c3)nc2n1CCOc1ncccc1Cl. The first kappa shape index (κ1) is 18.0. The van der Waals surface area contributed by atoms with Crippen molar-refractivity contribution in [2.75, 3.05) is 18.1 Å². The molecule has 4 rings (SSSR count). The van der Waals surface area contributed by atoms with Gasteiger partial charge in [-0.15, -0.1) is 0 Å². The van der Waals surface area contributed by atoms with E-state index in [9.17, 15) is 0 Å². The summed E-state index contributed by atoms with van der Waals surface area (Å²) < 4.78 is 7.69. The van der Waals surface area contributed by atoms with Crippen LogP contribution in [-0.4, -0.2) is 31.1 Å². The van der Waals surface area contributed by atoms with Crippen molar-refractivity contribution in [1.29, 1.82) is 0 Å². The zero-order valence-electron chi connectivity index (χ0n) is 15.1. The molecule has 0 atom stereocenters. The lowest BCUT2D eigenvalue weighted by Crippen LogP contribution is -2.11. The molecule has 4 N–H and O–H groups in total. The van der Waals surface area contributed by atoms with Gasteiger partial charge in [0.1, 0.15) is 34.6 Å². The Bertz CT molecular complexity index is 1140. The van der Waals surface area contributed by atoms with Crippen molar-refractivity contribution in [1.82, 2.24) is 24.5 Å². The minimum absolute atomic E-state index is 0.349. The fourth-order valence-corrected chi connectivity index (χ4v) is 3.15. The summed E-state index contributed by atoms with van der Waals surface area (Å²) in [6.07, 6.45) is 1.64. The number of hydrogen-bond acceptors (Lipinski definition) is 7. The Morgan fingerprint density at radius 2 is 1.86 bits per heavy atom. The highest BCUT2D eigenvalue weighted by molar-refractivity contribution is 6.31. The number of aromatic nitrogens is 5. The zero-order chi connectivity index (χ0) is 19.7. The predicted molar refractivity (Wildman–Crippen MR) is 109 cm³/mol. The Morgan fingerprint density at radius 1 is 1.07 bits per heavy atom. The second kappa shape index (κ2) is 7.32. The molecule has 0 spiro atoms. The minimum Gasteiger partial charge on any atom is -0.475 e. The minimum atomic E-state index is 0.349. The Morgan fingerprint density at radius 3 is 2.61 bits per heavy atom. The fraction of sp³-hybridized carbons (Fsp3) is 0.158. The number of nitrogen functional groups attached to an aromatic ring is 2. The number of fused-ring (bicyclic) bond motifs is 1. The van der Waals surface area contributed by atoms with Crippen molar-refractivity contribution in [2.24, 2.45) is 0 Å². The van der Waals surface area contributed by atoms with Gasteiger partial charge in [-0.3, -0.25) is 0 Å². The van der Waals surface area contributed by atoms with Gasteiger partial charge in [0.15, 0.2) is 5.65 Å². The number of pyridine rings is 3. The van der Waals surface area contributed by atoms with Crippen LogP contribution in [-0.2, 0) is 6.54 Å². The van der Waals surface area contributed by atoms with Crippen LogP contribution >= 0.6 is 11.6 Å². The lowest BCUT2D eigenvalue weighted by molar-refractivity contribution is 0.288. The number of aryl methyl sites for hydroxylation is 1.